The number of nitrogens with one attached hydrogen (secondary N) is 1. The van der Waals surface area contributed by atoms with Crippen LogP contribution in [0.1, 0.15) is 31.2 Å². The Morgan fingerprint density at radius 3 is 2.62 bits per heavy atom. The van der Waals surface area contributed by atoms with Gasteiger partial charge in [-0.1, -0.05) is 12.8 Å². The Hall–Kier alpha value is -0.910. The molecule has 0 spiro atoms. The first-order valence-electron chi connectivity index (χ1n) is 8.22. The Morgan fingerprint density at radius 2 is 2.05 bits per heavy atom. The summed E-state index contributed by atoms with van der Waals surface area (Å²) in [4.78, 5) is 2.70. The molecule has 0 amide bonds. The molecule has 21 heavy (non-hydrogen) atoms. The van der Waals surface area contributed by atoms with Gasteiger partial charge in [-0.05, 0) is 31.9 Å². The number of hydrogen-bond acceptors (Lipinski definition) is 4. The van der Waals surface area contributed by atoms with Crippen molar-refractivity contribution in [2.45, 2.75) is 43.7 Å². The molecule has 1 aliphatic carbocycles. The highest BCUT2D eigenvalue weighted by Crippen LogP contribution is 2.39. The van der Waals surface area contributed by atoms with Crippen LogP contribution >= 0.6 is 0 Å². The third-order valence-electron chi connectivity index (χ3n) is 5.31. The normalized spacial score (nSPS) is 24.3. The minimum Gasteiger partial charge on any atom is -0.379 e. The highest BCUT2D eigenvalue weighted by atomic mass is 16.5. The first-order chi connectivity index (χ1) is 10.2. The highest BCUT2D eigenvalue weighted by Gasteiger charge is 2.45. The Labute approximate surface area is 127 Å². The van der Waals surface area contributed by atoms with Gasteiger partial charge in [0.15, 0.2) is 0 Å². The smallest absolute Gasteiger partial charge is 0.0594 e. The van der Waals surface area contributed by atoms with E-state index in [0.717, 1.165) is 32.7 Å². The second-order valence-electron chi connectivity index (χ2n) is 6.48. The Bertz CT molecular complexity index is 447. The van der Waals surface area contributed by atoms with E-state index >= 15 is 0 Å². The summed E-state index contributed by atoms with van der Waals surface area (Å²) < 4.78 is 7.46. The average Bonchev–Trinajstić information content (AvgIpc) is 3.15. The van der Waals surface area contributed by atoms with Crippen molar-refractivity contribution in [3.05, 3.63) is 18.0 Å². The van der Waals surface area contributed by atoms with Crippen LogP contribution in [-0.4, -0.2) is 59.6 Å². The van der Waals surface area contributed by atoms with E-state index in [4.69, 9.17) is 4.74 Å². The maximum atomic E-state index is 5.56. The quantitative estimate of drug-likeness (QED) is 0.885. The molecule has 0 aromatic carbocycles. The third kappa shape index (κ3) is 3.00. The Kier molecular flexibility index (Phi) is 4.62. The zero-order valence-electron chi connectivity index (χ0n) is 13.3. The van der Waals surface area contributed by atoms with Gasteiger partial charge < -0.3 is 10.1 Å². The van der Waals surface area contributed by atoms with Crippen molar-refractivity contribution in [2.75, 3.05) is 33.4 Å². The second-order valence-corrected chi connectivity index (χ2v) is 6.48. The fourth-order valence-electron chi connectivity index (χ4n) is 4.25. The molecule has 2 fully saturated rings. The third-order valence-corrected chi connectivity index (χ3v) is 5.31. The summed E-state index contributed by atoms with van der Waals surface area (Å²) >= 11 is 0. The monoisotopic (exact) mass is 292 g/mol. The summed E-state index contributed by atoms with van der Waals surface area (Å²) in [6, 6.07) is 0.488. The van der Waals surface area contributed by atoms with Crippen LogP contribution in [-0.2, 0) is 18.2 Å². The first kappa shape index (κ1) is 15.0. The molecule has 5 heteroatoms. The number of rotatable bonds is 5. The van der Waals surface area contributed by atoms with Crippen LogP contribution in [0.4, 0.5) is 0 Å². The minimum atomic E-state index is 0.300. The summed E-state index contributed by atoms with van der Waals surface area (Å²) in [5.74, 6) is 0. The molecule has 1 atom stereocenters. The predicted octanol–water partition coefficient (Wildman–Crippen LogP) is 1.20. The summed E-state index contributed by atoms with van der Waals surface area (Å²) in [7, 11) is 4.10. The van der Waals surface area contributed by atoms with E-state index < -0.39 is 0 Å². The van der Waals surface area contributed by atoms with Crippen LogP contribution in [0.2, 0.25) is 0 Å². The fraction of sp³-hybridized carbons (Fsp3) is 0.812. The molecule has 3 rings (SSSR count). The van der Waals surface area contributed by atoms with Crippen molar-refractivity contribution in [1.29, 1.82) is 0 Å². The van der Waals surface area contributed by atoms with Gasteiger partial charge in [-0.25, -0.2) is 0 Å². The Balaban J connectivity index is 1.79. The maximum Gasteiger partial charge on any atom is 0.0594 e. The predicted molar refractivity (Wildman–Crippen MR) is 83.4 cm³/mol. The maximum absolute atomic E-state index is 5.56. The summed E-state index contributed by atoms with van der Waals surface area (Å²) in [5, 5.41) is 7.94. The zero-order valence-corrected chi connectivity index (χ0v) is 13.3. The van der Waals surface area contributed by atoms with Crippen molar-refractivity contribution in [3.8, 4) is 0 Å². The molecule has 1 aliphatic heterocycles. The van der Waals surface area contributed by atoms with E-state index in [9.17, 15) is 0 Å². The van der Waals surface area contributed by atoms with E-state index in [-0.39, 0.29) is 0 Å². The lowest BCUT2D eigenvalue weighted by Crippen LogP contribution is -2.62. The van der Waals surface area contributed by atoms with Crippen LogP contribution in [0.5, 0.6) is 0 Å². The van der Waals surface area contributed by atoms with E-state index in [1.807, 2.05) is 17.9 Å². The van der Waals surface area contributed by atoms with E-state index in [1.54, 1.807) is 0 Å². The van der Waals surface area contributed by atoms with Gasteiger partial charge >= 0.3 is 0 Å². The molecule has 5 nitrogen and oxygen atoms in total. The topological polar surface area (TPSA) is 42.3 Å². The molecule has 1 aromatic rings. The lowest BCUT2D eigenvalue weighted by atomic mass is 9.82. The van der Waals surface area contributed by atoms with Crippen LogP contribution < -0.4 is 5.32 Å². The van der Waals surface area contributed by atoms with Gasteiger partial charge in [0.1, 0.15) is 0 Å². The SMILES string of the molecule is CNC(Cc1cnn(C)c1)C1(N2CCOCC2)CCCC1. The fourth-order valence-corrected chi connectivity index (χ4v) is 4.25. The molecule has 2 heterocycles. The molecule has 2 aliphatic rings. The van der Waals surface area contributed by atoms with Gasteiger partial charge in [0.25, 0.3) is 0 Å². The number of likely N-dealkylation sites (N-methyl/N-ethyl adjacent to an activating group) is 1. The molecule has 1 unspecified atom stereocenters. The molecular weight excluding hydrogens is 264 g/mol. The number of nitrogens with zero attached hydrogens (tertiary/aromatic N) is 3. The van der Waals surface area contributed by atoms with Gasteiger partial charge in [-0.2, -0.15) is 5.10 Å². The molecule has 0 radical (unpaired) electrons. The van der Waals surface area contributed by atoms with Crippen LogP contribution in [0, 0.1) is 0 Å². The van der Waals surface area contributed by atoms with Crippen LogP contribution in [0.15, 0.2) is 12.4 Å². The summed E-state index contributed by atoms with van der Waals surface area (Å²) in [6.45, 7) is 3.91. The average molecular weight is 292 g/mol. The molecule has 1 saturated heterocycles. The molecule has 1 saturated carbocycles. The molecule has 118 valence electrons. The second kappa shape index (κ2) is 6.46. The summed E-state index contributed by atoms with van der Waals surface area (Å²) in [6.07, 6.45) is 10.5. The van der Waals surface area contributed by atoms with Crippen LogP contribution in [0.3, 0.4) is 0 Å². The first-order valence-corrected chi connectivity index (χ1v) is 8.22. The van der Waals surface area contributed by atoms with E-state index in [0.29, 0.717) is 11.6 Å². The number of ether oxygens (including phenoxy) is 1. The Morgan fingerprint density at radius 1 is 1.33 bits per heavy atom. The largest absolute Gasteiger partial charge is 0.379 e. The standard InChI is InChI=1S/C16H28N4O/c1-17-15(11-14-12-18-19(2)13-14)16(5-3-4-6-16)20-7-9-21-10-8-20/h12-13,15,17H,3-11H2,1-2H3. The number of aromatic nitrogens is 2. The molecule has 1 N–H and O–H groups in total. The van der Waals surface area contributed by atoms with Crippen molar-refractivity contribution in [3.63, 3.8) is 0 Å². The number of morpholine rings is 1. The van der Waals surface area contributed by atoms with Gasteiger partial charge in [0, 0.05) is 37.9 Å². The van der Waals surface area contributed by atoms with Crippen molar-refractivity contribution < 1.29 is 4.74 Å². The van der Waals surface area contributed by atoms with Gasteiger partial charge in [0.05, 0.1) is 19.4 Å². The van der Waals surface area contributed by atoms with Gasteiger partial charge in [0.2, 0.25) is 0 Å². The number of aryl methyl sites for hydroxylation is 1. The molecule has 1 aromatic heterocycles. The highest BCUT2D eigenvalue weighted by molar-refractivity contribution is 5.12. The molecular formula is C16H28N4O. The lowest BCUT2D eigenvalue weighted by molar-refractivity contribution is -0.0347. The van der Waals surface area contributed by atoms with Crippen molar-refractivity contribution in [2.24, 2.45) is 7.05 Å². The van der Waals surface area contributed by atoms with Gasteiger partial charge in [-0.3, -0.25) is 9.58 Å². The lowest BCUT2D eigenvalue weighted by Gasteiger charge is -2.48. The van der Waals surface area contributed by atoms with Gasteiger partial charge in [-0.15, -0.1) is 0 Å². The molecule has 0 bridgehead atoms. The minimum absolute atomic E-state index is 0.300. The van der Waals surface area contributed by atoms with E-state index in [1.165, 1.54) is 31.2 Å². The number of hydrogen-bond donors (Lipinski definition) is 1. The van der Waals surface area contributed by atoms with Crippen molar-refractivity contribution in [1.82, 2.24) is 20.0 Å². The van der Waals surface area contributed by atoms with E-state index in [2.05, 4.69) is 28.6 Å². The van der Waals surface area contributed by atoms with Crippen LogP contribution in [0.25, 0.3) is 0 Å². The zero-order chi connectivity index (χ0) is 14.7. The summed E-state index contributed by atoms with van der Waals surface area (Å²) in [5.41, 5.74) is 1.63. The van der Waals surface area contributed by atoms with Crippen molar-refractivity contribution >= 4 is 0 Å².